The van der Waals surface area contributed by atoms with Crippen LogP contribution in [0.3, 0.4) is 0 Å². The van der Waals surface area contributed by atoms with Crippen molar-refractivity contribution in [3.63, 3.8) is 0 Å². The molecule has 0 aliphatic rings. The Morgan fingerprint density at radius 1 is 1.53 bits per heavy atom. The minimum atomic E-state index is -0.942. The second-order valence-corrected chi connectivity index (χ2v) is 5.33. The highest BCUT2D eigenvalue weighted by molar-refractivity contribution is 7.16. The van der Waals surface area contributed by atoms with Crippen LogP contribution in [0, 0.1) is 0 Å². The molecule has 1 rings (SSSR count). The molecule has 0 aliphatic carbocycles. The number of hydrogen-bond donors (Lipinski definition) is 3. The Bertz CT molecular complexity index is 408. The molecular formula is C10H13ClN2O3S. The molecule has 0 radical (unpaired) electrons. The highest BCUT2D eigenvalue weighted by Crippen LogP contribution is 2.20. The van der Waals surface area contributed by atoms with Crippen molar-refractivity contribution in [1.29, 1.82) is 0 Å². The summed E-state index contributed by atoms with van der Waals surface area (Å²) < 4.78 is 0.668. The maximum Gasteiger partial charge on any atom is 0.315 e. The average molecular weight is 277 g/mol. The first kappa shape index (κ1) is 13.8. The van der Waals surface area contributed by atoms with Crippen LogP contribution in [0.5, 0.6) is 0 Å². The molecule has 0 aliphatic heterocycles. The van der Waals surface area contributed by atoms with Gasteiger partial charge >= 0.3 is 12.0 Å². The summed E-state index contributed by atoms with van der Waals surface area (Å²) in [6, 6.07) is 2.80. The third kappa shape index (κ3) is 5.55. The van der Waals surface area contributed by atoms with E-state index < -0.39 is 12.0 Å². The predicted octanol–water partition coefficient (Wildman–Crippen LogP) is 2.06. The molecule has 5 nitrogen and oxygen atoms in total. The molecule has 7 heteroatoms. The van der Waals surface area contributed by atoms with E-state index in [0.29, 0.717) is 10.9 Å². The Morgan fingerprint density at radius 3 is 2.76 bits per heavy atom. The van der Waals surface area contributed by atoms with Crippen molar-refractivity contribution in [3.05, 3.63) is 21.3 Å². The number of aliphatic carboxylic acids is 1. The molecule has 0 saturated carbocycles. The zero-order chi connectivity index (χ0) is 12.8. The summed E-state index contributed by atoms with van der Waals surface area (Å²) in [4.78, 5) is 22.7. The van der Waals surface area contributed by atoms with E-state index in [1.807, 2.05) is 6.07 Å². The zero-order valence-electron chi connectivity index (χ0n) is 9.20. The molecule has 1 aromatic heterocycles. The number of carbonyl (C=O) groups excluding carboxylic acids is 1. The molecule has 1 heterocycles. The monoisotopic (exact) mass is 276 g/mol. The van der Waals surface area contributed by atoms with Gasteiger partial charge in [-0.3, -0.25) is 4.79 Å². The van der Waals surface area contributed by atoms with Crippen LogP contribution in [-0.4, -0.2) is 23.1 Å². The predicted molar refractivity (Wildman–Crippen MR) is 66.4 cm³/mol. The number of carboxylic acids is 1. The lowest BCUT2D eigenvalue weighted by atomic mass is 10.2. The van der Waals surface area contributed by atoms with Gasteiger partial charge in [0.15, 0.2) is 0 Å². The molecule has 94 valence electrons. The van der Waals surface area contributed by atoms with E-state index in [9.17, 15) is 9.59 Å². The van der Waals surface area contributed by atoms with Gasteiger partial charge in [-0.15, -0.1) is 11.3 Å². The summed E-state index contributed by atoms with van der Waals surface area (Å²) in [6.45, 7) is 2.01. The standard InChI is InChI=1S/C10H13ClN2O3S/c1-6(4-9(14)15)13-10(16)12-5-7-2-3-8(11)17-7/h2-3,6H,4-5H2,1H3,(H,14,15)(H2,12,13,16). The van der Waals surface area contributed by atoms with Gasteiger partial charge in [0, 0.05) is 10.9 Å². The van der Waals surface area contributed by atoms with E-state index >= 15 is 0 Å². The Labute approximate surface area is 108 Å². The fourth-order valence-corrected chi connectivity index (χ4v) is 2.23. The molecule has 1 aromatic rings. The van der Waals surface area contributed by atoms with Gasteiger partial charge in [-0.25, -0.2) is 4.79 Å². The third-order valence-electron chi connectivity index (χ3n) is 1.91. The number of rotatable bonds is 5. The largest absolute Gasteiger partial charge is 0.481 e. The van der Waals surface area contributed by atoms with E-state index in [4.69, 9.17) is 16.7 Å². The Morgan fingerprint density at radius 2 is 2.24 bits per heavy atom. The maximum atomic E-state index is 11.4. The quantitative estimate of drug-likeness (QED) is 0.770. The van der Waals surface area contributed by atoms with E-state index in [2.05, 4.69) is 10.6 Å². The summed E-state index contributed by atoms with van der Waals surface area (Å²) in [6.07, 6.45) is -0.0990. The van der Waals surface area contributed by atoms with Gasteiger partial charge in [-0.1, -0.05) is 11.6 Å². The van der Waals surface area contributed by atoms with Gasteiger partial charge < -0.3 is 15.7 Å². The number of halogens is 1. The molecule has 0 aromatic carbocycles. The molecular weight excluding hydrogens is 264 g/mol. The summed E-state index contributed by atoms with van der Waals surface area (Å²) in [5, 5.41) is 13.7. The molecule has 17 heavy (non-hydrogen) atoms. The molecule has 0 bridgehead atoms. The van der Waals surface area contributed by atoms with E-state index in [1.165, 1.54) is 11.3 Å². The van der Waals surface area contributed by atoms with Crippen molar-refractivity contribution >= 4 is 34.9 Å². The van der Waals surface area contributed by atoms with Gasteiger partial charge in [-0.05, 0) is 19.1 Å². The highest BCUT2D eigenvalue weighted by atomic mass is 35.5. The number of urea groups is 1. The van der Waals surface area contributed by atoms with Crippen LogP contribution in [0.25, 0.3) is 0 Å². The molecule has 0 spiro atoms. The van der Waals surface area contributed by atoms with Gasteiger partial charge in [0.05, 0.1) is 17.3 Å². The number of amides is 2. The minimum Gasteiger partial charge on any atom is -0.481 e. The van der Waals surface area contributed by atoms with Crippen LogP contribution < -0.4 is 10.6 Å². The lowest BCUT2D eigenvalue weighted by molar-refractivity contribution is -0.137. The second-order valence-electron chi connectivity index (χ2n) is 3.53. The number of hydrogen-bond acceptors (Lipinski definition) is 3. The van der Waals surface area contributed by atoms with Crippen LogP contribution in [0.2, 0.25) is 4.34 Å². The smallest absolute Gasteiger partial charge is 0.315 e. The first-order valence-electron chi connectivity index (χ1n) is 4.97. The van der Waals surface area contributed by atoms with Crippen molar-refractivity contribution in [3.8, 4) is 0 Å². The molecule has 1 atom stereocenters. The van der Waals surface area contributed by atoms with E-state index in [1.54, 1.807) is 13.0 Å². The highest BCUT2D eigenvalue weighted by Gasteiger charge is 2.10. The van der Waals surface area contributed by atoms with Crippen molar-refractivity contribution in [2.75, 3.05) is 0 Å². The van der Waals surface area contributed by atoms with Crippen LogP contribution in [0.4, 0.5) is 4.79 Å². The Hall–Kier alpha value is -1.27. The summed E-state index contributed by atoms with van der Waals surface area (Å²) in [5.74, 6) is -0.942. The number of nitrogens with one attached hydrogen (secondary N) is 2. The van der Waals surface area contributed by atoms with Crippen LogP contribution in [0.15, 0.2) is 12.1 Å². The normalized spacial score (nSPS) is 11.9. The number of carboxylic acid groups (broad SMARTS) is 1. The molecule has 1 unspecified atom stereocenters. The maximum absolute atomic E-state index is 11.4. The topological polar surface area (TPSA) is 78.4 Å². The summed E-state index contributed by atoms with van der Waals surface area (Å²) in [5.41, 5.74) is 0. The van der Waals surface area contributed by atoms with Gasteiger partial charge in [0.2, 0.25) is 0 Å². The summed E-state index contributed by atoms with van der Waals surface area (Å²) >= 11 is 7.13. The lowest BCUT2D eigenvalue weighted by Crippen LogP contribution is -2.41. The van der Waals surface area contributed by atoms with Crippen molar-refractivity contribution in [2.45, 2.75) is 25.9 Å². The number of thiophene rings is 1. The van der Waals surface area contributed by atoms with Crippen LogP contribution >= 0.6 is 22.9 Å². The average Bonchev–Trinajstić information content (AvgIpc) is 2.59. The molecule has 0 fully saturated rings. The summed E-state index contributed by atoms with van der Waals surface area (Å²) in [7, 11) is 0. The minimum absolute atomic E-state index is 0.0990. The van der Waals surface area contributed by atoms with Crippen molar-refractivity contribution in [2.24, 2.45) is 0 Å². The first-order valence-corrected chi connectivity index (χ1v) is 6.17. The lowest BCUT2D eigenvalue weighted by Gasteiger charge is -2.11. The second kappa shape index (κ2) is 6.46. The number of carbonyl (C=O) groups is 2. The molecule has 3 N–H and O–H groups in total. The fourth-order valence-electron chi connectivity index (χ4n) is 1.20. The SMILES string of the molecule is CC(CC(=O)O)NC(=O)NCc1ccc(Cl)s1. The van der Waals surface area contributed by atoms with E-state index in [0.717, 1.165) is 4.88 Å². The molecule has 0 saturated heterocycles. The van der Waals surface area contributed by atoms with E-state index in [-0.39, 0.29) is 12.5 Å². The molecule has 2 amide bonds. The van der Waals surface area contributed by atoms with Crippen LogP contribution in [0.1, 0.15) is 18.2 Å². The third-order valence-corrected chi connectivity index (χ3v) is 3.14. The van der Waals surface area contributed by atoms with Crippen molar-refractivity contribution < 1.29 is 14.7 Å². The van der Waals surface area contributed by atoms with Crippen molar-refractivity contribution in [1.82, 2.24) is 10.6 Å². The van der Waals surface area contributed by atoms with Gasteiger partial charge in [0.25, 0.3) is 0 Å². The van der Waals surface area contributed by atoms with Gasteiger partial charge in [0.1, 0.15) is 0 Å². The van der Waals surface area contributed by atoms with Gasteiger partial charge in [-0.2, -0.15) is 0 Å². The fraction of sp³-hybridized carbons (Fsp3) is 0.400. The first-order chi connectivity index (χ1) is 7.97. The van der Waals surface area contributed by atoms with Crippen LogP contribution in [-0.2, 0) is 11.3 Å². The zero-order valence-corrected chi connectivity index (χ0v) is 10.8. The Balaban J connectivity index is 2.28. The Kier molecular flexibility index (Phi) is 5.24.